The van der Waals surface area contributed by atoms with E-state index in [4.69, 9.17) is 4.52 Å². The van der Waals surface area contributed by atoms with E-state index in [1.165, 1.54) is 5.56 Å². The second kappa shape index (κ2) is 4.92. The molecule has 0 amide bonds. The third-order valence-electron chi connectivity index (χ3n) is 2.72. The van der Waals surface area contributed by atoms with Gasteiger partial charge in [-0.3, -0.25) is 0 Å². The number of benzene rings is 1. The molecule has 0 aliphatic rings. The number of nitrogens with zero attached hydrogens (tertiary/aromatic N) is 2. The van der Waals surface area contributed by atoms with Crippen LogP contribution in [0.2, 0.25) is 0 Å². The zero-order chi connectivity index (χ0) is 11.4. The molecule has 1 atom stereocenters. The number of aromatic nitrogens is 2. The molecule has 1 aromatic carbocycles. The summed E-state index contributed by atoms with van der Waals surface area (Å²) in [4.78, 5) is 4.40. The molecule has 0 bridgehead atoms. The molecular formula is C13H16N2O. The summed E-state index contributed by atoms with van der Waals surface area (Å²) in [5, 5.41) is 3.99. The Morgan fingerprint density at radius 2 is 2.00 bits per heavy atom. The highest BCUT2D eigenvalue weighted by molar-refractivity contribution is 5.18. The van der Waals surface area contributed by atoms with E-state index in [2.05, 4.69) is 36.1 Å². The van der Waals surface area contributed by atoms with E-state index < -0.39 is 0 Å². The van der Waals surface area contributed by atoms with Gasteiger partial charge in [0.25, 0.3) is 0 Å². The Bertz CT molecular complexity index is 436. The first-order valence-corrected chi connectivity index (χ1v) is 5.66. The van der Waals surface area contributed by atoms with Crippen LogP contribution in [-0.4, -0.2) is 10.1 Å². The lowest BCUT2D eigenvalue weighted by Gasteiger charge is -1.98. The van der Waals surface area contributed by atoms with Gasteiger partial charge in [-0.1, -0.05) is 49.3 Å². The number of hydrogen-bond donors (Lipinski definition) is 0. The fourth-order valence-electron chi connectivity index (χ4n) is 1.49. The van der Waals surface area contributed by atoms with Crippen molar-refractivity contribution in [3.05, 3.63) is 47.6 Å². The minimum absolute atomic E-state index is 0.344. The van der Waals surface area contributed by atoms with E-state index in [-0.39, 0.29) is 0 Å². The van der Waals surface area contributed by atoms with Crippen LogP contribution in [0.5, 0.6) is 0 Å². The van der Waals surface area contributed by atoms with Crippen LogP contribution in [0.15, 0.2) is 34.9 Å². The number of hydrogen-bond acceptors (Lipinski definition) is 3. The predicted octanol–water partition coefficient (Wildman–Crippen LogP) is 3.17. The molecule has 3 heteroatoms. The SMILES string of the molecule is CCC(C)c1nc(Cc2ccccc2)no1. The maximum Gasteiger partial charge on any atom is 0.229 e. The van der Waals surface area contributed by atoms with Crippen LogP contribution in [0.25, 0.3) is 0 Å². The van der Waals surface area contributed by atoms with Crippen LogP contribution < -0.4 is 0 Å². The Morgan fingerprint density at radius 1 is 1.25 bits per heavy atom. The van der Waals surface area contributed by atoms with Crippen LogP contribution in [0.3, 0.4) is 0 Å². The zero-order valence-corrected chi connectivity index (χ0v) is 9.68. The summed E-state index contributed by atoms with van der Waals surface area (Å²) < 4.78 is 5.23. The summed E-state index contributed by atoms with van der Waals surface area (Å²) >= 11 is 0. The van der Waals surface area contributed by atoms with E-state index in [0.29, 0.717) is 5.92 Å². The Morgan fingerprint density at radius 3 is 2.69 bits per heavy atom. The molecule has 84 valence electrons. The summed E-state index contributed by atoms with van der Waals surface area (Å²) in [6, 6.07) is 10.2. The highest BCUT2D eigenvalue weighted by Crippen LogP contribution is 2.16. The summed E-state index contributed by atoms with van der Waals surface area (Å²) in [5.74, 6) is 1.85. The molecule has 0 aliphatic heterocycles. The van der Waals surface area contributed by atoms with E-state index in [1.807, 2.05) is 18.2 Å². The van der Waals surface area contributed by atoms with Gasteiger partial charge in [0.05, 0.1) is 0 Å². The number of rotatable bonds is 4. The van der Waals surface area contributed by atoms with Gasteiger partial charge in [-0.25, -0.2) is 0 Å². The fraction of sp³-hybridized carbons (Fsp3) is 0.385. The monoisotopic (exact) mass is 216 g/mol. The molecule has 16 heavy (non-hydrogen) atoms. The topological polar surface area (TPSA) is 38.9 Å². The van der Waals surface area contributed by atoms with E-state index >= 15 is 0 Å². The van der Waals surface area contributed by atoms with Gasteiger partial charge >= 0.3 is 0 Å². The van der Waals surface area contributed by atoms with Gasteiger partial charge in [0, 0.05) is 12.3 Å². The minimum atomic E-state index is 0.344. The third kappa shape index (κ3) is 2.48. The van der Waals surface area contributed by atoms with Crippen molar-refractivity contribution in [1.82, 2.24) is 10.1 Å². The fourth-order valence-corrected chi connectivity index (χ4v) is 1.49. The van der Waals surface area contributed by atoms with E-state index in [1.54, 1.807) is 0 Å². The molecule has 0 fully saturated rings. The largest absolute Gasteiger partial charge is 0.339 e. The van der Waals surface area contributed by atoms with Crippen LogP contribution in [0.1, 0.15) is 43.5 Å². The molecule has 1 heterocycles. The first-order chi connectivity index (χ1) is 7.79. The molecule has 0 aliphatic carbocycles. The average molecular weight is 216 g/mol. The Kier molecular flexibility index (Phi) is 3.34. The van der Waals surface area contributed by atoms with E-state index in [9.17, 15) is 0 Å². The second-order valence-corrected chi connectivity index (χ2v) is 4.02. The van der Waals surface area contributed by atoms with Crippen molar-refractivity contribution in [3.63, 3.8) is 0 Å². The second-order valence-electron chi connectivity index (χ2n) is 4.02. The van der Waals surface area contributed by atoms with E-state index in [0.717, 1.165) is 24.6 Å². The molecule has 0 saturated heterocycles. The van der Waals surface area contributed by atoms with Crippen molar-refractivity contribution < 1.29 is 4.52 Å². The van der Waals surface area contributed by atoms with Crippen LogP contribution >= 0.6 is 0 Å². The summed E-state index contributed by atoms with van der Waals surface area (Å²) in [7, 11) is 0. The molecule has 0 spiro atoms. The van der Waals surface area contributed by atoms with Gasteiger partial charge in [0.1, 0.15) is 0 Å². The van der Waals surface area contributed by atoms with Crippen molar-refractivity contribution in [2.45, 2.75) is 32.6 Å². The van der Waals surface area contributed by atoms with Crippen molar-refractivity contribution in [2.24, 2.45) is 0 Å². The molecular weight excluding hydrogens is 200 g/mol. The highest BCUT2D eigenvalue weighted by atomic mass is 16.5. The van der Waals surface area contributed by atoms with Crippen molar-refractivity contribution >= 4 is 0 Å². The van der Waals surface area contributed by atoms with Crippen molar-refractivity contribution in [3.8, 4) is 0 Å². The van der Waals surface area contributed by atoms with Gasteiger partial charge in [0.15, 0.2) is 5.82 Å². The van der Waals surface area contributed by atoms with Gasteiger partial charge in [0.2, 0.25) is 5.89 Å². The minimum Gasteiger partial charge on any atom is -0.339 e. The first kappa shape index (κ1) is 10.9. The maximum absolute atomic E-state index is 5.23. The molecule has 2 rings (SSSR count). The van der Waals surface area contributed by atoms with Crippen LogP contribution in [0.4, 0.5) is 0 Å². The lowest BCUT2D eigenvalue weighted by Crippen LogP contribution is -1.93. The standard InChI is InChI=1S/C13H16N2O/c1-3-10(2)13-14-12(15-16-13)9-11-7-5-4-6-8-11/h4-8,10H,3,9H2,1-2H3. The molecule has 0 radical (unpaired) electrons. The Balaban J connectivity index is 2.09. The van der Waals surface area contributed by atoms with Crippen LogP contribution in [0, 0.1) is 0 Å². The van der Waals surface area contributed by atoms with Crippen LogP contribution in [-0.2, 0) is 6.42 Å². The molecule has 0 saturated carbocycles. The average Bonchev–Trinajstić information content (AvgIpc) is 2.78. The zero-order valence-electron chi connectivity index (χ0n) is 9.68. The summed E-state index contributed by atoms with van der Waals surface area (Å²) in [6.07, 6.45) is 1.76. The van der Waals surface area contributed by atoms with Gasteiger partial charge in [-0.15, -0.1) is 0 Å². The summed E-state index contributed by atoms with van der Waals surface area (Å²) in [6.45, 7) is 4.21. The maximum atomic E-state index is 5.23. The third-order valence-corrected chi connectivity index (χ3v) is 2.72. The predicted molar refractivity (Wildman–Crippen MR) is 62.3 cm³/mol. The Hall–Kier alpha value is -1.64. The van der Waals surface area contributed by atoms with Gasteiger partial charge in [-0.05, 0) is 12.0 Å². The molecule has 3 nitrogen and oxygen atoms in total. The normalized spacial score (nSPS) is 12.6. The highest BCUT2D eigenvalue weighted by Gasteiger charge is 2.12. The molecule has 1 unspecified atom stereocenters. The lowest BCUT2D eigenvalue weighted by atomic mass is 10.1. The van der Waals surface area contributed by atoms with Crippen molar-refractivity contribution in [1.29, 1.82) is 0 Å². The quantitative estimate of drug-likeness (QED) is 0.788. The smallest absolute Gasteiger partial charge is 0.229 e. The summed E-state index contributed by atoms with van der Waals surface area (Å²) in [5.41, 5.74) is 1.21. The molecule has 2 aromatic rings. The molecule has 1 aromatic heterocycles. The molecule has 0 N–H and O–H groups in total. The van der Waals surface area contributed by atoms with Gasteiger partial charge < -0.3 is 4.52 Å². The van der Waals surface area contributed by atoms with Crippen molar-refractivity contribution in [2.75, 3.05) is 0 Å². The van der Waals surface area contributed by atoms with Gasteiger partial charge in [-0.2, -0.15) is 4.98 Å². The Labute approximate surface area is 95.5 Å². The lowest BCUT2D eigenvalue weighted by molar-refractivity contribution is 0.353. The first-order valence-electron chi connectivity index (χ1n) is 5.66.